The largest absolute Gasteiger partial charge is 0.0622 e. The van der Waals surface area contributed by atoms with Crippen LogP contribution in [0, 0.1) is 5.92 Å². The molecule has 0 aromatic heterocycles. The van der Waals surface area contributed by atoms with Crippen molar-refractivity contribution < 1.29 is 0 Å². The van der Waals surface area contributed by atoms with E-state index in [9.17, 15) is 0 Å². The van der Waals surface area contributed by atoms with Crippen LogP contribution in [0.2, 0.25) is 0 Å². The second-order valence-corrected chi connectivity index (χ2v) is 7.87. The Labute approximate surface area is 124 Å². The number of hydrogen-bond donors (Lipinski definition) is 0. The fraction of sp³-hybridized carbons (Fsp3) is 0.316. The van der Waals surface area contributed by atoms with Crippen molar-refractivity contribution in [3.63, 3.8) is 0 Å². The summed E-state index contributed by atoms with van der Waals surface area (Å²) in [6.07, 6.45) is 8.25. The van der Waals surface area contributed by atoms with Crippen molar-refractivity contribution in [1.82, 2.24) is 0 Å². The third-order valence-corrected chi connectivity index (χ3v) is 6.65. The van der Waals surface area contributed by atoms with E-state index in [0.717, 1.165) is 0 Å². The van der Waals surface area contributed by atoms with Gasteiger partial charge in [-0.25, -0.2) is 0 Å². The molecule has 2 aromatic rings. The fourth-order valence-corrected chi connectivity index (χ4v) is 5.44. The van der Waals surface area contributed by atoms with Gasteiger partial charge in [0.05, 0.1) is 0 Å². The van der Waals surface area contributed by atoms with Gasteiger partial charge in [0.1, 0.15) is 0 Å². The Morgan fingerprint density at radius 1 is 0.700 bits per heavy atom. The summed E-state index contributed by atoms with van der Waals surface area (Å²) < 4.78 is 0. The molecule has 1 heteroatoms. The summed E-state index contributed by atoms with van der Waals surface area (Å²) in [5.41, 5.74) is 0. The van der Waals surface area contributed by atoms with Crippen LogP contribution in [0.25, 0.3) is 0 Å². The molecular formula is C19H22P. The van der Waals surface area contributed by atoms with Crippen LogP contribution >= 0.6 is 7.92 Å². The highest BCUT2D eigenvalue weighted by molar-refractivity contribution is 7.73. The van der Waals surface area contributed by atoms with Crippen LogP contribution in [0.3, 0.4) is 0 Å². The normalized spacial score (nSPS) is 15.8. The molecule has 1 radical (unpaired) electrons. The predicted octanol–water partition coefficient (Wildman–Crippen LogP) is 4.66. The van der Waals surface area contributed by atoms with Gasteiger partial charge in [-0.1, -0.05) is 73.5 Å². The van der Waals surface area contributed by atoms with E-state index in [1.807, 2.05) is 5.92 Å². The molecule has 0 unspecified atom stereocenters. The zero-order valence-corrected chi connectivity index (χ0v) is 12.9. The lowest BCUT2D eigenvalue weighted by Crippen LogP contribution is -2.14. The number of hydrogen-bond acceptors (Lipinski definition) is 0. The molecule has 0 spiro atoms. The zero-order chi connectivity index (χ0) is 13.6. The highest BCUT2D eigenvalue weighted by Gasteiger charge is 2.19. The molecule has 103 valence electrons. The van der Waals surface area contributed by atoms with Gasteiger partial charge in [0.2, 0.25) is 0 Å². The standard InChI is InChI=1S/C19H22P/c1-3-11-18(12-4-1)20(19-13-5-2-6-14-19)16-15-17-9-7-8-10-17/h1-6,11-14H,7-10,15-16H2. The van der Waals surface area contributed by atoms with Crippen molar-refractivity contribution in [3.05, 3.63) is 66.6 Å². The van der Waals surface area contributed by atoms with Gasteiger partial charge in [-0.05, 0) is 49.9 Å². The Kier molecular flexibility index (Phi) is 4.87. The minimum atomic E-state index is -0.188. The van der Waals surface area contributed by atoms with Crippen LogP contribution in [0.15, 0.2) is 60.7 Å². The molecular weight excluding hydrogens is 259 g/mol. The molecule has 0 nitrogen and oxygen atoms in total. The topological polar surface area (TPSA) is 0 Å². The van der Waals surface area contributed by atoms with Crippen molar-refractivity contribution in [1.29, 1.82) is 0 Å². The van der Waals surface area contributed by atoms with E-state index in [2.05, 4.69) is 60.7 Å². The zero-order valence-electron chi connectivity index (χ0n) is 12.0. The van der Waals surface area contributed by atoms with Gasteiger partial charge in [-0.3, -0.25) is 0 Å². The molecule has 1 aliphatic carbocycles. The first-order chi connectivity index (χ1) is 9.93. The maximum Gasteiger partial charge on any atom is -0.0195 e. The highest BCUT2D eigenvalue weighted by Crippen LogP contribution is 2.39. The predicted molar refractivity (Wildman–Crippen MR) is 90.3 cm³/mol. The highest BCUT2D eigenvalue weighted by atomic mass is 31.1. The molecule has 1 fully saturated rings. The summed E-state index contributed by atoms with van der Waals surface area (Å²) >= 11 is 0. The van der Waals surface area contributed by atoms with E-state index < -0.39 is 0 Å². The van der Waals surface area contributed by atoms with Crippen LogP contribution in [0.1, 0.15) is 32.1 Å². The summed E-state index contributed by atoms with van der Waals surface area (Å²) in [6.45, 7) is 0. The molecule has 0 amide bonds. The van der Waals surface area contributed by atoms with Crippen LogP contribution in [-0.4, -0.2) is 6.16 Å². The van der Waals surface area contributed by atoms with Gasteiger partial charge >= 0.3 is 0 Å². The van der Waals surface area contributed by atoms with Gasteiger partial charge in [-0.2, -0.15) is 0 Å². The Bertz CT molecular complexity index is 460. The van der Waals surface area contributed by atoms with E-state index in [1.54, 1.807) is 0 Å². The fourth-order valence-electron chi connectivity index (χ4n) is 3.02. The first-order valence-electron chi connectivity index (χ1n) is 7.65. The van der Waals surface area contributed by atoms with Crippen molar-refractivity contribution in [3.8, 4) is 0 Å². The first-order valence-corrected chi connectivity index (χ1v) is 9.17. The molecule has 2 aromatic carbocycles. The van der Waals surface area contributed by atoms with Gasteiger partial charge in [-0.15, -0.1) is 0 Å². The Hall–Kier alpha value is -1.13. The Balaban J connectivity index is 1.76. The number of benzene rings is 2. The molecule has 0 N–H and O–H groups in total. The maximum absolute atomic E-state index is 2.30. The van der Waals surface area contributed by atoms with Gasteiger partial charge < -0.3 is 0 Å². The molecule has 0 bridgehead atoms. The minimum Gasteiger partial charge on any atom is -0.0622 e. The van der Waals surface area contributed by atoms with Crippen LogP contribution in [0.5, 0.6) is 0 Å². The third kappa shape index (κ3) is 3.49. The third-order valence-electron chi connectivity index (χ3n) is 4.14. The van der Waals surface area contributed by atoms with E-state index in [1.165, 1.54) is 48.9 Å². The van der Waals surface area contributed by atoms with Gasteiger partial charge in [0.25, 0.3) is 0 Å². The van der Waals surface area contributed by atoms with E-state index in [0.29, 0.717) is 0 Å². The Morgan fingerprint density at radius 2 is 1.20 bits per heavy atom. The lowest BCUT2D eigenvalue weighted by atomic mass is 10.1. The Morgan fingerprint density at radius 3 is 1.70 bits per heavy atom. The van der Waals surface area contributed by atoms with E-state index in [-0.39, 0.29) is 7.92 Å². The number of rotatable bonds is 5. The van der Waals surface area contributed by atoms with Crippen molar-refractivity contribution in [2.75, 3.05) is 6.16 Å². The monoisotopic (exact) mass is 281 g/mol. The molecule has 0 aliphatic heterocycles. The van der Waals surface area contributed by atoms with Crippen LogP contribution in [-0.2, 0) is 0 Å². The second kappa shape index (κ2) is 7.04. The summed E-state index contributed by atoms with van der Waals surface area (Å²) in [7, 11) is -0.188. The van der Waals surface area contributed by atoms with Gasteiger partial charge in [0, 0.05) is 0 Å². The minimum absolute atomic E-state index is 0.188. The SMILES string of the molecule is c1ccc(P(CC[C]2CCCC2)c2ccccc2)cc1. The maximum atomic E-state index is 2.30. The van der Waals surface area contributed by atoms with Gasteiger partial charge in [0.15, 0.2) is 0 Å². The summed E-state index contributed by atoms with van der Waals surface area (Å²) in [5, 5.41) is 3.04. The lowest BCUT2D eigenvalue weighted by Gasteiger charge is -2.20. The van der Waals surface area contributed by atoms with Crippen LogP contribution < -0.4 is 10.6 Å². The van der Waals surface area contributed by atoms with E-state index >= 15 is 0 Å². The molecule has 1 saturated carbocycles. The quantitative estimate of drug-likeness (QED) is 0.699. The van der Waals surface area contributed by atoms with E-state index in [4.69, 9.17) is 0 Å². The summed E-state index contributed by atoms with van der Waals surface area (Å²) in [5.74, 6) is 1.81. The lowest BCUT2D eigenvalue weighted by molar-refractivity contribution is 0.820. The smallest absolute Gasteiger partial charge is 0.0195 e. The molecule has 1 aliphatic rings. The molecule has 20 heavy (non-hydrogen) atoms. The molecule has 3 rings (SSSR count). The summed E-state index contributed by atoms with van der Waals surface area (Å²) in [6, 6.07) is 22.2. The molecule has 0 atom stereocenters. The summed E-state index contributed by atoms with van der Waals surface area (Å²) in [4.78, 5) is 0. The van der Waals surface area contributed by atoms with Crippen molar-refractivity contribution in [2.24, 2.45) is 0 Å². The molecule has 0 saturated heterocycles. The second-order valence-electron chi connectivity index (χ2n) is 5.53. The molecule has 0 heterocycles. The van der Waals surface area contributed by atoms with Crippen molar-refractivity contribution >= 4 is 18.5 Å². The van der Waals surface area contributed by atoms with Crippen LogP contribution in [0.4, 0.5) is 0 Å². The average Bonchev–Trinajstić information content (AvgIpc) is 3.03. The average molecular weight is 281 g/mol. The first kappa shape index (κ1) is 13.8. The van der Waals surface area contributed by atoms with Crippen molar-refractivity contribution in [2.45, 2.75) is 32.1 Å².